The SMILES string of the molecule is CCNC(=NCc1ccc(Cl)cc1Cl)N1CCC(COCCOC)C1. The van der Waals surface area contributed by atoms with Gasteiger partial charge in [-0.2, -0.15) is 0 Å². The average Bonchev–Trinajstić information content (AvgIpc) is 3.05. The maximum absolute atomic E-state index is 6.24. The lowest BCUT2D eigenvalue weighted by atomic mass is 10.1. The van der Waals surface area contributed by atoms with Gasteiger partial charge in [0, 0.05) is 42.7 Å². The molecule has 25 heavy (non-hydrogen) atoms. The third-order valence-corrected chi connectivity index (χ3v) is 4.71. The van der Waals surface area contributed by atoms with E-state index in [2.05, 4.69) is 17.1 Å². The maximum atomic E-state index is 6.24. The molecule has 1 aliphatic heterocycles. The van der Waals surface area contributed by atoms with Gasteiger partial charge in [0.15, 0.2) is 5.96 Å². The highest BCUT2D eigenvalue weighted by molar-refractivity contribution is 6.35. The molecule has 0 radical (unpaired) electrons. The summed E-state index contributed by atoms with van der Waals surface area (Å²) in [6, 6.07) is 5.52. The highest BCUT2D eigenvalue weighted by Crippen LogP contribution is 2.22. The zero-order valence-electron chi connectivity index (χ0n) is 14.9. The third-order valence-electron chi connectivity index (χ3n) is 4.12. The number of ether oxygens (including phenoxy) is 2. The molecule has 0 spiro atoms. The van der Waals surface area contributed by atoms with Crippen LogP contribution in [0.4, 0.5) is 0 Å². The smallest absolute Gasteiger partial charge is 0.194 e. The molecule has 0 aromatic heterocycles. The first-order valence-corrected chi connectivity index (χ1v) is 9.43. The number of aliphatic imine (C=N–C) groups is 1. The molecular weight excluding hydrogens is 361 g/mol. The van der Waals surface area contributed by atoms with Gasteiger partial charge < -0.3 is 19.7 Å². The minimum Gasteiger partial charge on any atom is -0.382 e. The highest BCUT2D eigenvalue weighted by atomic mass is 35.5. The molecule has 1 N–H and O–H groups in total. The largest absolute Gasteiger partial charge is 0.382 e. The van der Waals surface area contributed by atoms with Crippen molar-refractivity contribution < 1.29 is 9.47 Å². The molecule has 2 rings (SSSR count). The minimum absolute atomic E-state index is 0.528. The Labute approximate surface area is 160 Å². The summed E-state index contributed by atoms with van der Waals surface area (Å²) < 4.78 is 10.7. The number of methoxy groups -OCH3 is 1. The van der Waals surface area contributed by atoms with Crippen LogP contribution in [0.3, 0.4) is 0 Å². The first kappa shape index (κ1) is 20.3. The summed E-state index contributed by atoms with van der Waals surface area (Å²) in [7, 11) is 1.69. The Hall–Kier alpha value is -1.01. The second-order valence-electron chi connectivity index (χ2n) is 6.07. The van der Waals surface area contributed by atoms with Crippen LogP contribution in [-0.4, -0.2) is 57.4 Å². The van der Waals surface area contributed by atoms with Gasteiger partial charge in [-0.1, -0.05) is 29.3 Å². The Morgan fingerprint density at radius 2 is 2.20 bits per heavy atom. The molecule has 1 aromatic carbocycles. The van der Waals surface area contributed by atoms with Crippen LogP contribution in [0.25, 0.3) is 0 Å². The van der Waals surface area contributed by atoms with E-state index < -0.39 is 0 Å². The Kier molecular flexibility index (Phi) is 8.82. The van der Waals surface area contributed by atoms with Gasteiger partial charge in [-0.15, -0.1) is 0 Å². The summed E-state index contributed by atoms with van der Waals surface area (Å²) in [4.78, 5) is 7.03. The summed E-state index contributed by atoms with van der Waals surface area (Å²) in [5.41, 5.74) is 0.972. The summed E-state index contributed by atoms with van der Waals surface area (Å²) in [6.07, 6.45) is 1.11. The number of likely N-dealkylation sites (tertiary alicyclic amines) is 1. The van der Waals surface area contributed by atoms with E-state index in [1.54, 1.807) is 13.2 Å². The fourth-order valence-electron chi connectivity index (χ4n) is 2.79. The standard InChI is InChI=1S/C18H27Cl2N3O2/c1-3-21-18(22-11-15-4-5-16(19)10-17(15)20)23-7-6-14(12-23)13-25-9-8-24-2/h4-5,10,14H,3,6-9,11-13H2,1-2H3,(H,21,22). The van der Waals surface area contributed by atoms with E-state index >= 15 is 0 Å². The molecule has 1 unspecified atom stereocenters. The van der Waals surface area contributed by atoms with Crippen LogP contribution < -0.4 is 5.32 Å². The van der Waals surface area contributed by atoms with Crippen molar-refractivity contribution in [3.63, 3.8) is 0 Å². The second-order valence-corrected chi connectivity index (χ2v) is 6.92. The summed E-state index contributed by atoms with van der Waals surface area (Å²) >= 11 is 12.2. The molecule has 7 heteroatoms. The number of hydrogen-bond acceptors (Lipinski definition) is 3. The molecule has 5 nitrogen and oxygen atoms in total. The highest BCUT2D eigenvalue weighted by Gasteiger charge is 2.25. The third kappa shape index (κ3) is 6.66. The predicted octanol–water partition coefficient (Wildman–Crippen LogP) is 3.44. The average molecular weight is 388 g/mol. The van der Waals surface area contributed by atoms with Crippen molar-refractivity contribution in [1.82, 2.24) is 10.2 Å². The molecule has 0 amide bonds. The van der Waals surface area contributed by atoms with Crippen LogP contribution in [-0.2, 0) is 16.0 Å². The van der Waals surface area contributed by atoms with Crippen LogP contribution in [0.1, 0.15) is 18.9 Å². The predicted molar refractivity (Wildman–Crippen MR) is 104 cm³/mol. The van der Waals surface area contributed by atoms with E-state index in [0.717, 1.165) is 44.2 Å². The fraction of sp³-hybridized carbons (Fsp3) is 0.611. The van der Waals surface area contributed by atoms with Gasteiger partial charge in [-0.3, -0.25) is 0 Å². The summed E-state index contributed by atoms with van der Waals surface area (Å²) in [5, 5.41) is 4.66. The van der Waals surface area contributed by atoms with Crippen molar-refractivity contribution >= 4 is 29.2 Å². The first-order chi connectivity index (χ1) is 12.1. The van der Waals surface area contributed by atoms with Crippen LogP contribution in [0.15, 0.2) is 23.2 Å². The van der Waals surface area contributed by atoms with E-state index in [1.807, 2.05) is 12.1 Å². The van der Waals surface area contributed by atoms with Crippen molar-refractivity contribution in [3.8, 4) is 0 Å². The zero-order valence-corrected chi connectivity index (χ0v) is 16.4. The van der Waals surface area contributed by atoms with Crippen LogP contribution in [0.2, 0.25) is 10.0 Å². The quantitative estimate of drug-likeness (QED) is 0.421. The first-order valence-electron chi connectivity index (χ1n) is 8.68. The van der Waals surface area contributed by atoms with Crippen molar-refractivity contribution in [2.45, 2.75) is 19.9 Å². The van der Waals surface area contributed by atoms with Gasteiger partial charge in [0.25, 0.3) is 0 Å². The van der Waals surface area contributed by atoms with Crippen molar-refractivity contribution in [1.29, 1.82) is 0 Å². The number of nitrogens with zero attached hydrogens (tertiary/aromatic N) is 2. The second kappa shape index (κ2) is 10.9. The molecule has 140 valence electrons. The molecule has 0 saturated carbocycles. The molecule has 1 saturated heterocycles. The Morgan fingerprint density at radius 1 is 1.36 bits per heavy atom. The molecular formula is C18H27Cl2N3O2. The molecule has 1 heterocycles. The van der Waals surface area contributed by atoms with Crippen LogP contribution in [0.5, 0.6) is 0 Å². The Morgan fingerprint density at radius 3 is 2.92 bits per heavy atom. The topological polar surface area (TPSA) is 46.1 Å². The van der Waals surface area contributed by atoms with Gasteiger partial charge in [0.05, 0.1) is 26.4 Å². The molecule has 1 aromatic rings. The van der Waals surface area contributed by atoms with Gasteiger partial charge in [0.2, 0.25) is 0 Å². The van der Waals surface area contributed by atoms with Gasteiger partial charge in [0.1, 0.15) is 0 Å². The number of hydrogen-bond donors (Lipinski definition) is 1. The molecule has 1 fully saturated rings. The van der Waals surface area contributed by atoms with Crippen molar-refractivity contribution in [3.05, 3.63) is 33.8 Å². The maximum Gasteiger partial charge on any atom is 0.194 e. The summed E-state index contributed by atoms with van der Waals surface area (Å²) in [5.74, 6) is 1.45. The van der Waals surface area contributed by atoms with Crippen LogP contribution in [0, 0.1) is 5.92 Å². The Balaban J connectivity index is 1.91. The van der Waals surface area contributed by atoms with Crippen LogP contribution >= 0.6 is 23.2 Å². The number of guanidine groups is 1. The number of nitrogens with one attached hydrogen (secondary N) is 1. The molecule has 0 aliphatic carbocycles. The Bertz CT molecular complexity index is 569. The number of benzene rings is 1. The lowest BCUT2D eigenvalue weighted by Gasteiger charge is -2.22. The van der Waals surface area contributed by atoms with Gasteiger partial charge in [-0.25, -0.2) is 4.99 Å². The van der Waals surface area contributed by atoms with E-state index in [1.165, 1.54) is 0 Å². The number of rotatable bonds is 8. The molecule has 1 aliphatic rings. The lowest BCUT2D eigenvalue weighted by molar-refractivity contribution is 0.0536. The van der Waals surface area contributed by atoms with Crippen molar-refractivity contribution in [2.75, 3.05) is 46.6 Å². The van der Waals surface area contributed by atoms with Gasteiger partial charge in [-0.05, 0) is 31.0 Å². The molecule has 1 atom stereocenters. The van der Waals surface area contributed by atoms with E-state index in [-0.39, 0.29) is 0 Å². The van der Waals surface area contributed by atoms with E-state index in [9.17, 15) is 0 Å². The normalized spacial score (nSPS) is 18.0. The van der Waals surface area contributed by atoms with E-state index in [4.69, 9.17) is 37.7 Å². The summed E-state index contributed by atoms with van der Waals surface area (Å²) in [6.45, 7) is 7.43. The monoisotopic (exact) mass is 387 g/mol. The minimum atomic E-state index is 0.528. The molecule has 0 bridgehead atoms. The van der Waals surface area contributed by atoms with Gasteiger partial charge >= 0.3 is 0 Å². The van der Waals surface area contributed by atoms with Crippen molar-refractivity contribution in [2.24, 2.45) is 10.9 Å². The van der Waals surface area contributed by atoms with E-state index in [0.29, 0.717) is 35.7 Å². The number of halogens is 2. The fourth-order valence-corrected chi connectivity index (χ4v) is 3.26. The zero-order chi connectivity index (χ0) is 18.1. The lowest BCUT2D eigenvalue weighted by Crippen LogP contribution is -2.40.